The van der Waals surface area contributed by atoms with Crippen LogP contribution in [0.1, 0.15) is 18.4 Å². The minimum atomic E-state index is -4.46. The van der Waals surface area contributed by atoms with Crippen LogP contribution in [-0.2, 0) is 0 Å². The van der Waals surface area contributed by atoms with Gasteiger partial charge in [0.2, 0.25) is 0 Å². The van der Waals surface area contributed by atoms with E-state index in [4.69, 9.17) is 5.26 Å². The number of benzene rings is 1. The van der Waals surface area contributed by atoms with Crippen LogP contribution in [0.2, 0.25) is 0 Å². The predicted octanol–water partition coefficient (Wildman–Crippen LogP) is 2.97. The number of hydrogen-bond acceptors (Lipinski definition) is 4. The molecular formula is C11H8F3N3O2. The Balaban J connectivity index is 2.37. The van der Waals surface area contributed by atoms with Crippen molar-refractivity contribution < 1.29 is 18.1 Å². The Hall–Kier alpha value is -2.30. The summed E-state index contributed by atoms with van der Waals surface area (Å²) in [6, 6.07) is 5.02. The molecule has 0 radical (unpaired) electrons. The van der Waals surface area contributed by atoms with Crippen LogP contribution >= 0.6 is 0 Å². The van der Waals surface area contributed by atoms with E-state index in [1.807, 2.05) is 0 Å². The lowest BCUT2D eigenvalue weighted by Gasteiger charge is -2.21. The molecule has 1 saturated carbocycles. The van der Waals surface area contributed by atoms with Crippen molar-refractivity contribution in [2.24, 2.45) is 0 Å². The van der Waals surface area contributed by atoms with Crippen LogP contribution in [0.15, 0.2) is 18.2 Å². The summed E-state index contributed by atoms with van der Waals surface area (Å²) < 4.78 is 38.3. The lowest BCUT2D eigenvalue weighted by atomic mass is 10.1. The summed E-state index contributed by atoms with van der Waals surface area (Å²) in [5.74, 6) is 0. The Bertz CT molecular complexity index is 574. The first-order chi connectivity index (χ1) is 8.79. The number of nitrogens with one attached hydrogen (secondary N) is 1. The maximum atomic E-state index is 12.8. The molecule has 0 aromatic heterocycles. The molecule has 1 aliphatic rings. The van der Waals surface area contributed by atoms with Crippen molar-refractivity contribution in [1.29, 1.82) is 5.26 Å². The summed E-state index contributed by atoms with van der Waals surface area (Å²) in [7, 11) is 0. The highest BCUT2D eigenvalue weighted by atomic mass is 19.4. The fraction of sp³-hybridized carbons (Fsp3) is 0.364. The predicted molar refractivity (Wildman–Crippen MR) is 59.5 cm³/mol. The van der Waals surface area contributed by atoms with Gasteiger partial charge in [-0.05, 0) is 25.0 Å². The molecule has 0 spiro atoms. The van der Waals surface area contributed by atoms with Crippen molar-refractivity contribution in [1.82, 2.24) is 0 Å². The van der Waals surface area contributed by atoms with Gasteiger partial charge in [0.15, 0.2) is 0 Å². The monoisotopic (exact) mass is 271 g/mol. The average Bonchev–Trinajstić information content (AvgIpc) is 3.09. The number of alkyl halides is 3. The summed E-state index contributed by atoms with van der Waals surface area (Å²) in [6.45, 7) is 0. The van der Waals surface area contributed by atoms with E-state index in [9.17, 15) is 23.3 Å². The van der Waals surface area contributed by atoms with Gasteiger partial charge in [0.05, 0.1) is 16.6 Å². The molecule has 0 amide bonds. The zero-order valence-corrected chi connectivity index (χ0v) is 9.49. The SMILES string of the molecule is N#Cc1ccc(NC2(C(F)(F)F)CC2)c([N+](=O)[O-])c1. The Morgan fingerprint density at radius 2 is 2.05 bits per heavy atom. The van der Waals surface area contributed by atoms with Crippen molar-refractivity contribution in [3.05, 3.63) is 33.9 Å². The van der Waals surface area contributed by atoms with Crippen LogP contribution in [0.4, 0.5) is 24.5 Å². The Kier molecular flexibility index (Phi) is 2.85. The molecule has 100 valence electrons. The first-order valence-electron chi connectivity index (χ1n) is 5.32. The van der Waals surface area contributed by atoms with Gasteiger partial charge in [0.25, 0.3) is 5.69 Å². The summed E-state index contributed by atoms with van der Waals surface area (Å²) in [4.78, 5) is 10.0. The fourth-order valence-corrected chi connectivity index (χ4v) is 1.72. The summed E-state index contributed by atoms with van der Waals surface area (Å²) in [6.07, 6.45) is -4.70. The minimum Gasteiger partial charge on any atom is -0.366 e. The van der Waals surface area contributed by atoms with E-state index >= 15 is 0 Å². The van der Waals surface area contributed by atoms with Crippen LogP contribution in [0.5, 0.6) is 0 Å². The molecule has 1 aliphatic carbocycles. The van der Waals surface area contributed by atoms with Crippen molar-refractivity contribution in [3.63, 3.8) is 0 Å². The molecule has 1 fully saturated rings. The van der Waals surface area contributed by atoms with Gasteiger partial charge in [0, 0.05) is 6.07 Å². The second-order valence-electron chi connectivity index (χ2n) is 4.31. The Morgan fingerprint density at radius 1 is 1.42 bits per heavy atom. The minimum absolute atomic E-state index is 0.0223. The molecule has 0 bridgehead atoms. The van der Waals surface area contributed by atoms with Gasteiger partial charge in [-0.2, -0.15) is 18.4 Å². The standard InChI is InChI=1S/C11H8F3N3O2/c12-11(13,14)10(3-4-10)16-8-2-1-7(6-15)5-9(8)17(18)19/h1-2,5,16H,3-4H2. The maximum Gasteiger partial charge on any atom is 0.411 e. The van der Waals surface area contributed by atoms with Crippen molar-refractivity contribution in [2.45, 2.75) is 24.6 Å². The van der Waals surface area contributed by atoms with Crippen LogP contribution in [0.25, 0.3) is 0 Å². The average molecular weight is 271 g/mol. The molecule has 8 heteroatoms. The van der Waals surface area contributed by atoms with Crippen LogP contribution < -0.4 is 5.32 Å². The van der Waals surface area contributed by atoms with E-state index in [-0.39, 0.29) is 24.1 Å². The Morgan fingerprint density at radius 3 is 2.47 bits per heavy atom. The third-order valence-electron chi connectivity index (χ3n) is 2.99. The van der Waals surface area contributed by atoms with Gasteiger partial charge in [0.1, 0.15) is 11.2 Å². The number of halogens is 3. The largest absolute Gasteiger partial charge is 0.411 e. The second-order valence-corrected chi connectivity index (χ2v) is 4.31. The number of nitrogens with zero attached hydrogens (tertiary/aromatic N) is 2. The van der Waals surface area contributed by atoms with E-state index in [1.54, 1.807) is 6.07 Å². The van der Waals surface area contributed by atoms with Gasteiger partial charge in [-0.3, -0.25) is 10.1 Å². The summed E-state index contributed by atoms with van der Waals surface area (Å²) >= 11 is 0. The Labute approximate surface area is 105 Å². The first-order valence-corrected chi connectivity index (χ1v) is 5.32. The molecule has 0 saturated heterocycles. The van der Waals surface area contributed by atoms with E-state index in [2.05, 4.69) is 5.32 Å². The van der Waals surface area contributed by atoms with E-state index in [0.29, 0.717) is 0 Å². The quantitative estimate of drug-likeness (QED) is 0.677. The molecular weight excluding hydrogens is 263 g/mol. The first kappa shape index (κ1) is 13.1. The fourth-order valence-electron chi connectivity index (χ4n) is 1.72. The second kappa shape index (κ2) is 4.12. The van der Waals surface area contributed by atoms with E-state index < -0.39 is 22.3 Å². The third-order valence-corrected chi connectivity index (χ3v) is 2.99. The molecule has 5 nitrogen and oxygen atoms in total. The number of rotatable bonds is 3. The zero-order chi connectivity index (χ0) is 14.3. The van der Waals surface area contributed by atoms with Gasteiger partial charge in [-0.15, -0.1) is 0 Å². The van der Waals surface area contributed by atoms with Crippen LogP contribution in [0, 0.1) is 21.4 Å². The van der Waals surface area contributed by atoms with Gasteiger partial charge in [-0.25, -0.2) is 0 Å². The highest BCUT2D eigenvalue weighted by Gasteiger charge is 2.63. The normalized spacial score (nSPS) is 16.5. The number of hydrogen-bond donors (Lipinski definition) is 1. The van der Waals surface area contributed by atoms with Crippen molar-refractivity contribution >= 4 is 11.4 Å². The summed E-state index contributed by atoms with van der Waals surface area (Å²) in [5, 5.41) is 21.7. The van der Waals surface area contributed by atoms with Crippen molar-refractivity contribution in [3.8, 4) is 6.07 Å². The maximum absolute atomic E-state index is 12.8. The van der Waals surface area contributed by atoms with E-state index in [0.717, 1.165) is 12.1 Å². The molecule has 0 unspecified atom stereocenters. The van der Waals surface area contributed by atoms with Crippen LogP contribution in [-0.4, -0.2) is 16.6 Å². The number of nitro groups is 1. The molecule has 1 N–H and O–H groups in total. The smallest absolute Gasteiger partial charge is 0.366 e. The number of anilines is 1. The zero-order valence-electron chi connectivity index (χ0n) is 9.49. The topological polar surface area (TPSA) is 79.0 Å². The third kappa shape index (κ3) is 2.31. The number of nitro benzene ring substituents is 1. The van der Waals surface area contributed by atoms with Gasteiger partial charge < -0.3 is 5.32 Å². The van der Waals surface area contributed by atoms with Crippen LogP contribution in [0.3, 0.4) is 0 Å². The summed E-state index contributed by atoms with van der Waals surface area (Å²) in [5.41, 5.74) is -2.81. The van der Waals surface area contributed by atoms with Gasteiger partial charge in [-0.1, -0.05) is 0 Å². The highest BCUT2D eigenvalue weighted by molar-refractivity contribution is 5.66. The lowest BCUT2D eigenvalue weighted by Crippen LogP contribution is -2.38. The lowest BCUT2D eigenvalue weighted by molar-refractivity contribution is -0.384. The molecule has 0 aliphatic heterocycles. The van der Waals surface area contributed by atoms with Crippen molar-refractivity contribution in [2.75, 3.05) is 5.32 Å². The molecule has 2 rings (SSSR count). The molecule has 19 heavy (non-hydrogen) atoms. The molecule has 0 heterocycles. The van der Waals surface area contributed by atoms with E-state index in [1.165, 1.54) is 6.07 Å². The van der Waals surface area contributed by atoms with Gasteiger partial charge >= 0.3 is 6.18 Å². The molecule has 0 atom stereocenters. The number of nitriles is 1. The molecule has 1 aromatic rings. The highest BCUT2D eigenvalue weighted by Crippen LogP contribution is 2.52. The molecule has 1 aromatic carbocycles.